The Morgan fingerprint density at radius 3 is 3.16 bits per heavy atom. The summed E-state index contributed by atoms with van der Waals surface area (Å²) in [4.78, 5) is 24.3. The Hall–Kier alpha value is -1.48. The second-order valence-electron chi connectivity index (χ2n) is 4.09. The van der Waals surface area contributed by atoms with E-state index in [0.29, 0.717) is 23.0 Å². The zero-order chi connectivity index (χ0) is 13.4. The summed E-state index contributed by atoms with van der Waals surface area (Å²) >= 11 is 3.02. The Kier molecular flexibility index (Phi) is 3.23. The molecule has 3 heterocycles. The third kappa shape index (κ3) is 2.23. The van der Waals surface area contributed by atoms with Crippen LogP contribution in [0.15, 0.2) is 22.5 Å². The van der Waals surface area contributed by atoms with E-state index in [4.69, 9.17) is 0 Å². The number of carbonyl (C=O) groups is 2. The first-order chi connectivity index (χ1) is 9.16. The lowest BCUT2D eigenvalue weighted by molar-refractivity contribution is -0.146. The van der Waals surface area contributed by atoms with Crippen molar-refractivity contribution in [3.63, 3.8) is 0 Å². The second-order valence-corrected chi connectivity index (χ2v) is 6.25. The highest BCUT2D eigenvalue weighted by atomic mass is 32.2. The van der Waals surface area contributed by atoms with E-state index in [2.05, 4.69) is 15.4 Å². The summed E-state index contributed by atoms with van der Waals surface area (Å²) in [6, 6.07) is 0. The molecular weight excluding hydrogens is 288 g/mol. The molecule has 0 spiro atoms. The monoisotopic (exact) mass is 298 g/mol. The van der Waals surface area contributed by atoms with Crippen LogP contribution in [-0.2, 0) is 9.59 Å². The van der Waals surface area contributed by atoms with Crippen LogP contribution < -0.4 is 0 Å². The Bertz CT molecular complexity index is 557. The largest absolute Gasteiger partial charge is 0.477 e. The van der Waals surface area contributed by atoms with Gasteiger partial charge in [0.2, 0.25) is 5.91 Å². The lowest BCUT2D eigenvalue weighted by Crippen LogP contribution is -2.54. The quantitative estimate of drug-likeness (QED) is 0.618. The van der Waals surface area contributed by atoms with Crippen molar-refractivity contribution in [1.82, 2.24) is 20.3 Å². The molecule has 0 radical (unpaired) electrons. The molecule has 0 aromatic carbocycles. The fourth-order valence-corrected chi connectivity index (χ4v) is 4.20. The maximum Gasteiger partial charge on any atom is 0.352 e. The highest BCUT2D eigenvalue weighted by Crippen LogP contribution is 2.40. The van der Waals surface area contributed by atoms with Gasteiger partial charge in [0, 0.05) is 11.5 Å². The van der Waals surface area contributed by atoms with E-state index in [9.17, 15) is 14.7 Å². The van der Waals surface area contributed by atoms with Gasteiger partial charge in [-0.25, -0.2) is 4.79 Å². The number of carboxylic acids is 1. The lowest BCUT2D eigenvalue weighted by atomic mass is 10.1. The van der Waals surface area contributed by atoms with Gasteiger partial charge in [0.1, 0.15) is 10.7 Å². The van der Waals surface area contributed by atoms with E-state index >= 15 is 0 Å². The molecule has 0 unspecified atom stereocenters. The summed E-state index contributed by atoms with van der Waals surface area (Å²) in [7, 11) is 0. The predicted molar refractivity (Wildman–Crippen MR) is 69.5 cm³/mol. The molecule has 9 heteroatoms. The molecule has 19 heavy (non-hydrogen) atoms. The molecule has 1 aromatic heterocycles. The topological polar surface area (TPSA) is 99.2 Å². The highest BCUT2D eigenvalue weighted by molar-refractivity contribution is 8.01. The molecule has 0 bridgehead atoms. The Morgan fingerprint density at radius 2 is 2.53 bits per heavy atom. The number of aromatic nitrogens is 3. The number of rotatable bonds is 4. The van der Waals surface area contributed by atoms with Crippen LogP contribution in [0.25, 0.3) is 0 Å². The molecule has 1 fully saturated rings. The molecule has 1 amide bonds. The molecule has 2 aliphatic heterocycles. The fourth-order valence-electron chi connectivity index (χ4n) is 2.01. The van der Waals surface area contributed by atoms with Gasteiger partial charge in [-0.3, -0.25) is 9.69 Å². The first-order valence-corrected chi connectivity index (χ1v) is 7.58. The smallest absolute Gasteiger partial charge is 0.352 e. The van der Waals surface area contributed by atoms with Crippen LogP contribution in [-0.4, -0.2) is 54.2 Å². The number of H-pyrrole nitrogens is 1. The summed E-state index contributed by atoms with van der Waals surface area (Å²) in [5.41, 5.74) is 0.908. The van der Waals surface area contributed by atoms with Crippen molar-refractivity contribution in [1.29, 1.82) is 0 Å². The number of nitrogens with one attached hydrogen (secondary N) is 1. The number of hydrogen-bond acceptors (Lipinski definition) is 6. The van der Waals surface area contributed by atoms with Gasteiger partial charge < -0.3 is 5.11 Å². The molecule has 2 N–H and O–H groups in total. The second kappa shape index (κ2) is 4.89. The van der Waals surface area contributed by atoms with E-state index in [1.807, 2.05) is 0 Å². The molecule has 1 aromatic rings. The number of thioether (sulfide) groups is 2. The zero-order valence-electron chi connectivity index (χ0n) is 9.70. The van der Waals surface area contributed by atoms with Crippen molar-refractivity contribution in [3.05, 3.63) is 17.5 Å². The molecule has 1 saturated heterocycles. The van der Waals surface area contributed by atoms with Crippen LogP contribution in [0.3, 0.4) is 0 Å². The average Bonchev–Trinajstić information content (AvgIpc) is 2.88. The maximum absolute atomic E-state index is 11.5. The molecule has 100 valence electrons. The summed E-state index contributed by atoms with van der Waals surface area (Å²) in [6.45, 7) is 0. The van der Waals surface area contributed by atoms with E-state index in [-0.39, 0.29) is 17.0 Å². The fraction of sp³-hybridized carbons (Fsp3) is 0.400. The van der Waals surface area contributed by atoms with Gasteiger partial charge in [-0.15, -0.1) is 16.9 Å². The van der Waals surface area contributed by atoms with Gasteiger partial charge in [0.05, 0.1) is 18.0 Å². The molecular formula is C10H10N4O3S2. The molecule has 0 saturated carbocycles. The minimum absolute atomic E-state index is 0.000555. The summed E-state index contributed by atoms with van der Waals surface area (Å²) < 4.78 is 0. The first-order valence-electron chi connectivity index (χ1n) is 5.54. The number of amides is 1. The summed E-state index contributed by atoms with van der Waals surface area (Å²) in [6.07, 6.45) is 2.02. The van der Waals surface area contributed by atoms with E-state index in [0.717, 1.165) is 5.57 Å². The number of nitrogens with zero attached hydrogens (tertiary/aromatic N) is 3. The number of aliphatic carboxylic acids is 1. The predicted octanol–water partition coefficient (Wildman–Crippen LogP) is 0.541. The number of carbonyl (C=O) groups excluding carboxylic acids is 1. The van der Waals surface area contributed by atoms with E-state index in [1.54, 1.807) is 18.0 Å². The van der Waals surface area contributed by atoms with Crippen molar-refractivity contribution in [2.24, 2.45) is 0 Å². The average molecular weight is 298 g/mol. The highest BCUT2D eigenvalue weighted by Gasteiger charge is 2.45. The first kappa shape index (κ1) is 12.5. The van der Waals surface area contributed by atoms with Crippen LogP contribution >= 0.6 is 23.5 Å². The normalized spacial score (nSPS) is 22.2. The van der Waals surface area contributed by atoms with E-state index in [1.165, 1.54) is 16.7 Å². The molecule has 1 atom stereocenters. The van der Waals surface area contributed by atoms with Crippen molar-refractivity contribution in [3.8, 4) is 0 Å². The summed E-state index contributed by atoms with van der Waals surface area (Å²) in [5.74, 6) is -0.00821. The van der Waals surface area contributed by atoms with Crippen molar-refractivity contribution >= 4 is 35.4 Å². The van der Waals surface area contributed by atoms with E-state index < -0.39 is 5.97 Å². The van der Waals surface area contributed by atoms with Crippen molar-refractivity contribution in [2.45, 2.75) is 16.8 Å². The molecule has 7 nitrogen and oxygen atoms in total. The third-order valence-electron chi connectivity index (χ3n) is 2.92. The van der Waals surface area contributed by atoms with Gasteiger partial charge in [-0.05, 0) is 5.57 Å². The Balaban J connectivity index is 1.81. The van der Waals surface area contributed by atoms with Crippen LogP contribution in [0, 0.1) is 0 Å². The number of hydrogen-bond donors (Lipinski definition) is 2. The molecule has 0 aliphatic carbocycles. The Morgan fingerprint density at radius 1 is 1.68 bits per heavy atom. The number of β-lactam (4-membered cyclic amide) rings is 1. The van der Waals surface area contributed by atoms with Gasteiger partial charge in [-0.2, -0.15) is 10.3 Å². The maximum atomic E-state index is 11.5. The minimum atomic E-state index is -1.03. The molecule has 3 rings (SSSR count). The molecule has 2 aliphatic rings. The van der Waals surface area contributed by atoms with Crippen LogP contribution in [0.2, 0.25) is 0 Å². The lowest BCUT2D eigenvalue weighted by Gasteiger charge is -2.43. The number of fused-ring (bicyclic) bond motifs is 1. The zero-order valence-corrected chi connectivity index (χ0v) is 11.3. The third-order valence-corrected chi connectivity index (χ3v) is 5.18. The van der Waals surface area contributed by atoms with Crippen molar-refractivity contribution in [2.75, 3.05) is 11.5 Å². The van der Waals surface area contributed by atoms with Gasteiger partial charge in [0.15, 0.2) is 0 Å². The Labute approximate surface area is 116 Å². The summed E-state index contributed by atoms with van der Waals surface area (Å²) in [5, 5.41) is 20.1. The standard InChI is InChI=1S/C10H10N4O3S2/c15-7-1-8-14(7)9(10(16)17)5(4-19-8)3-18-6-2-11-13-12-6/h2,8H,1,3-4H2,(H,16,17)(H,11,12,13)/t8-/m1/s1. The van der Waals surface area contributed by atoms with Crippen LogP contribution in [0.5, 0.6) is 0 Å². The number of aromatic amines is 1. The number of carboxylic acid groups (broad SMARTS) is 1. The SMILES string of the molecule is O=C(O)C1=C(CSc2cn[nH]n2)CS[C@@H]2CC(=O)N12. The van der Waals surface area contributed by atoms with Crippen LogP contribution in [0.4, 0.5) is 0 Å². The van der Waals surface area contributed by atoms with Crippen molar-refractivity contribution < 1.29 is 14.7 Å². The van der Waals surface area contributed by atoms with Gasteiger partial charge in [-0.1, -0.05) is 11.8 Å². The van der Waals surface area contributed by atoms with Gasteiger partial charge >= 0.3 is 5.97 Å². The van der Waals surface area contributed by atoms with Gasteiger partial charge in [0.25, 0.3) is 0 Å². The van der Waals surface area contributed by atoms with Crippen LogP contribution in [0.1, 0.15) is 6.42 Å². The minimum Gasteiger partial charge on any atom is -0.477 e.